The van der Waals surface area contributed by atoms with E-state index in [9.17, 15) is 13.2 Å². The summed E-state index contributed by atoms with van der Waals surface area (Å²) in [5, 5.41) is 0. The molecule has 25 heavy (non-hydrogen) atoms. The van der Waals surface area contributed by atoms with Crippen molar-refractivity contribution in [2.24, 2.45) is 17.8 Å². The molecule has 0 atom stereocenters. The molecule has 3 aliphatic rings. The second-order valence-corrected chi connectivity index (χ2v) is 10.3. The standard InChI is InChI=1S/C18H33N3O3S/c1-19(2)25(23,24)21-11-5-10-20(12-13-21)18(22)14-17(15-6-3-7-15)16-8-4-9-16/h15-17H,3-14H2,1-2H3. The van der Waals surface area contributed by atoms with Gasteiger partial charge in [-0.05, 0) is 24.2 Å². The van der Waals surface area contributed by atoms with Crippen LogP contribution in [0.25, 0.3) is 0 Å². The van der Waals surface area contributed by atoms with E-state index in [1.807, 2.05) is 4.90 Å². The zero-order valence-corrected chi connectivity index (χ0v) is 16.5. The van der Waals surface area contributed by atoms with Gasteiger partial charge in [-0.15, -0.1) is 0 Å². The van der Waals surface area contributed by atoms with Crippen LogP contribution in [0.3, 0.4) is 0 Å². The van der Waals surface area contributed by atoms with E-state index in [1.54, 1.807) is 14.1 Å². The molecular formula is C18H33N3O3S. The molecule has 1 heterocycles. The van der Waals surface area contributed by atoms with Crippen LogP contribution < -0.4 is 0 Å². The first-order valence-corrected chi connectivity index (χ1v) is 11.2. The van der Waals surface area contributed by atoms with Crippen molar-refractivity contribution in [3.8, 4) is 0 Å². The Bertz CT molecular complexity index is 556. The molecule has 1 saturated heterocycles. The smallest absolute Gasteiger partial charge is 0.281 e. The second kappa shape index (κ2) is 7.92. The fourth-order valence-corrected chi connectivity index (χ4v) is 5.52. The first-order chi connectivity index (χ1) is 11.9. The summed E-state index contributed by atoms with van der Waals surface area (Å²) in [5.74, 6) is 2.33. The van der Waals surface area contributed by atoms with Gasteiger partial charge in [0.25, 0.3) is 10.2 Å². The van der Waals surface area contributed by atoms with Gasteiger partial charge in [-0.25, -0.2) is 0 Å². The highest BCUT2D eigenvalue weighted by Gasteiger charge is 2.38. The lowest BCUT2D eigenvalue weighted by atomic mass is 9.63. The average Bonchev–Trinajstić information content (AvgIpc) is 2.69. The number of carbonyl (C=O) groups is 1. The van der Waals surface area contributed by atoms with Crippen LogP contribution in [0.4, 0.5) is 0 Å². The van der Waals surface area contributed by atoms with Crippen molar-refractivity contribution in [2.45, 2.75) is 51.4 Å². The molecule has 1 aliphatic heterocycles. The molecule has 0 aromatic carbocycles. The van der Waals surface area contributed by atoms with Gasteiger partial charge in [-0.2, -0.15) is 17.0 Å². The van der Waals surface area contributed by atoms with E-state index in [0.717, 1.165) is 18.3 Å². The van der Waals surface area contributed by atoms with Crippen LogP contribution in [0, 0.1) is 17.8 Å². The average molecular weight is 372 g/mol. The minimum absolute atomic E-state index is 0.243. The summed E-state index contributed by atoms with van der Waals surface area (Å²) in [5.41, 5.74) is 0. The summed E-state index contributed by atoms with van der Waals surface area (Å²) < 4.78 is 27.4. The molecule has 6 nitrogen and oxygen atoms in total. The maximum Gasteiger partial charge on any atom is 0.281 e. The van der Waals surface area contributed by atoms with Crippen molar-refractivity contribution < 1.29 is 13.2 Å². The van der Waals surface area contributed by atoms with Gasteiger partial charge in [0.05, 0.1) is 0 Å². The van der Waals surface area contributed by atoms with E-state index in [4.69, 9.17) is 0 Å². The SMILES string of the molecule is CN(C)S(=O)(=O)N1CCCN(C(=O)CC(C2CCC2)C2CCC2)CC1. The number of hydrogen-bond donors (Lipinski definition) is 0. The third-order valence-electron chi connectivity index (χ3n) is 6.52. The fraction of sp³-hybridized carbons (Fsp3) is 0.944. The highest BCUT2D eigenvalue weighted by Crippen LogP contribution is 2.46. The molecule has 0 bridgehead atoms. The zero-order valence-electron chi connectivity index (χ0n) is 15.7. The predicted molar refractivity (Wildman–Crippen MR) is 98.2 cm³/mol. The molecule has 7 heteroatoms. The Morgan fingerprint density at radius 2 is 1.56 bits per heavy atom. The number of hydrogen-bond acceptors (Lipinski definition) is 3. The Balaban J connectivity index is 1.57. The van der Waals surface area contributed by atoms with Crippen molar-refractivity contribution >= 4 is 16.1 Å². The molecule has 3 fully saturated rings. The summed E-state index contributed by atoms with van der Waals surface area (Å²) in [6.07, 6.45) is 9.22. The van der Waals surface area contributed by atoms with Crippen LogP contribution in [-0.2, 0) is 15.0 Å². The highest BCUT2D eigenvalue weighted by atomic mass is 32.2. The van der Waals surface area contributed by atoms with Crippen LogP contribution in [0.2, 0.25) is 0 Å². The first-order valence-electron chi connectivity index (χ1n) is 9.85. The monoisotopic (exact) mass is 371 g/mol. The number of amides is 1. The van der Waals surface area contributed by atoms with Crippen LogP contribution in [-0.4, -0.2) is 68.1 Å². The lowest BCUT2D eigenvalue weighted by molar-refractivity contribution is -0.134. The molecule has 2 aliphatic carbocycles. The molecule has 0 aromatic heterocycles. The fourth-order valence-electron chi connectivity index (χ4n) is 4.39. The molecule has 0 N–H and O–H groups in total. The van der Waals surface area contributed by atoms with Crippen molar-refractivity contribution in [2.75, 3.05) is 40.3 Å². The van der Waals surface area contributed by atoms with Gasteiger partial charge in [0, 0.05) is 46.7 Å². The van der Waals surface area contributed by atoms with Crippen LogP contribution in [0.15, 0.2) is 0 Å². The van der Waals surface area contributed by atoms with E-state index in [-0.39, 0.29) is 5.91 Å². The summed E-state index contributed by atoms with van der Waals surface area (Å²) in [6.45, 7) is 2.11. The molecule has 0 aromatic rings. The first kappa shape index (κ1) is 19.1. The van der Waals surface area contributed by atoms with Gasteiger partial charge in [0.15, 0.2) is 0 Å². The summed E-state index contributed by atoms with van der Waals surface area (Å²) in [7, 11) is -0.262. The van der Waals surface area contributed by atoms with Gasteiger partial charge in [0.2, 0.25) is 5.91 Å². The Labute approximate surface area is 152 Å². The molecule has 1 amide bonds. The molecule has 3 rings (SSSR count). The van der Waals surface area contributed by atoms with Gasteiger partial charge in [-0.1, -0.05) is 38.5 Å². The Kier molecular flexibility index (Phi) is 6.06. The van der Waals surface area contributed by atoms with Gasteiger partial charge >= 0.3 is 0 Å². The van der Waals surface area contributed by atoms with Crippen LogP contribution in [0.1, 0.15) is 51.4 Å². The normalized spacial score (nSPS) is 24.2. The van der Waals surface area contributed by atoms with Crippen LogP contribution in [0.5, 0.6) is 0 Å². The minimum Gasteiger partial charge on any atom is -0.341 e. The third kappa shape index (κ3) is 4.19. The maximum absolute atomic E-state index is 12.9. The highest BCUT2D eigenvalue weighted by molar-refractivity contribution is 7.86. The quantitative estimate of drug-likeness (QED) is 0.717. The van der Waals surface area contributed by atoms with Crippen molar-refractivity contribution in [3.05, 3.63) is 0 Å². The van der Waals surface area contributed by atoms with E-state index in [0.29, 0.717) is 38.5 Å². The van der Waals surface area contributed by atoms with E-state index in [1.165, 1.54) is 47.1 Å². The Morgan fingerprint density at radius 1 is 0.960 bits per heavy atom. The molecular weight excluding hydrogens is 338 g/mol. The summed E-state index contributed by atoms with van der Waals surface area (Å²) in [4.78, 5) is 14.8. The van der Waals surface area contributed by atoms with Gasteiger partial charge < -0.3 is 4.90 Å². The predicted octanol–water partition coefficient (Wildman–Crippen LogP) is 1.93. The molecule has 0 radical (unpaired) electrons. The van der Waals surface area contributed by atoms with E-state index in [2.05, 4.69) is 0 Å². The van der Waals surface area contributed by atoms with Gasteiger partial charge in [-0.3, -0.25) is 4.79 Å². The van der Waals surface area contributed by atoms with Gasteiger partial charge in [0.1, 0.15) is 0 Å². The number of rotatable bonds is 6. The maximum atomic E-state index is 12.9. The van der Waals surface area contributed by atoms with Crippen molar-refractivity contribution in [1.82, 2.24) is 13.5 Å². The summed E-state index contributed by atoms with van der Waals surface area (Å²) in [6, 6.07) is 0. The van der Waals surface area contributed by atoms with Crippen molar-refractivity contribution in [1.29, 1.82) is 0 Å². The molecule has 144 valence electrons. The second-order valence-electron chi connectivity index (χ2n) is 8.17. The zero-order chi connectivity index (χ0) is 18.0. The topological polar surface area (TPSA) is 60.9 Å². The summed E-state index contributed by atoms with van der Waals surface area (Å²) >= 11 is 0. The third-order valence-corrected chi connectivity index (χ3v) is 8.46. The lowest BCUT2D eigenvalue weighted by Crippen LogP contribution is -2.43. The lowest BCUT2D eigenvalue weighted by Gasteiger charge is -2.43. The Hall–Kier alpha value is -0.660. The van der Waals surface area contributed by atoms with E-state index < -0.39 is 10.2 Å². The Morgan fingerprint density at radius 3 is 2.04 bits per heavy atom. The largest absolute Gasteiger partial charge is 0.341 e. The molecule has 0 spiro atoms. The minimum atomic E-state index is -3.38. The van der Waals surface area contributed by atoms with Crippen molar-refractivity contribution in [3.63, 3.8) is 0 Å². The van der Waals surface area contributed by atoms with E-state index >= 15 is 0 Å². The van der Waals surface area contributed by atoms with Crippen LogP contribution >= 0.6 is 0 Å². The molecule has 2 saturated carbocycles. The number of nitrogens with zero attached hydrogens (tertiary/aromatic N) is 3. The number of carbonyl (C=O) groups excluding carboxylic acids is 1. The molecule has 0 unspecified atom stereocenters.